The zero-order chi connectivity index (χ0) is 13.0. The number of halogens is 1. The molecular formula is C15H18FNO. The molecule has 3 heteroatoms. The number of nitrogens with one attached hydrogen (secondary N) is 1. The molecule has 0 saturated heterocycles. The molecule has 0 unspecified atom stereocenters. The second-order valence-corrected chi connectivity index (χ2v) is 4.80. The summed E-state index contributed by atoms with van der Waals surface area (Å²) in [6.45, 7) is 1.72. The van der Waals surface area contributed by atoms with Crippen LogP contribution >= 0.6 is 0 Å². The Bertz CT molecular complexity index is 461. The van der Waals surface area contributed by atoms with Crippen LogP contribution < -0.4 is 5.32 Å². The van der Waals surface area contributed by atoms with Gasteiger partial charge in [0, 0.05) is 17.2 Å². The first-order chi connectivity index (χ1) is 8.66. The van der Waals surface area contributed by atoms with Crippen molar-refractivity contribution in [2.24, 2.45) is 0 Å². The standard InChI is InChI=1S/C15H18FNO/c1-11(10-12-6-2-5-9-14(12)16)15(18)17-13-7-3-4-8-13/h2,5-6,9-10,13H,3-4,7-8H2,1H3,(H,17,18)/b11-10+. The summed E-state index contributed by atoms with van der Waals surface area (Å²) in [5, 5.41) is 2.99. The van der Waals surface area contributed by atoms with E-state index in [1.165, 1.54) is 18.9 Å². The van der Waals surface area contributed by atoms with E-state index in [2.05, 4.69) is 5.32 Å². The van der Waals surface area contributed by atoms with Crippen molar-refractivity contribution in [1.82, 2.24) is 5.32 Å². The molecule has 0 heterocycles. The van der Waals surface area contributed by atoms with Crippen LogP contribution in [0.15, 0.2) is 29.8 Å². The molecule has 1 aromatic carbocycles. The number of rotatable bonds is 3. The summed E-state index contributed by atoms with van der Waals surface area (Å²) < 4.78 is 13.4. The van der Waals surface area contributed by atoms with E-state index in [0.717, 1.165) is 12.8 Å². The van der Waals surface area contributed by atoms with Crippen molar-refractivity contribution < 1.29 is 9.18 Å². The Labute approximate surface area is 107 Å². The van der Waals surface area contributed by atoms with Gasteiger partial charge < -0.3 is 5.32 Å². The zero-order valence-electron chi connectivity index (χ0n) is 10.6. The van der Waals surface area contributed by atoms with Crippen molar-refractivity contribution in [2.75, 3.05) is 0 Å². The lowest BCUT2D eigenvalue weighted by Gasteiger charge is -2.12. The van der Waals surface area contributed by atoms with E-state index in [9.17, 15) is 9.18 Å². The number of hydrogen-bond donors (Lipinski definition) is 1. The van der Waals surface area contributed by atoms with Gasteiger partial charge in [-0.05, 0) is 31.9 Å². The maximum atomic E-state index is 13.4. The zero-order valence-corrected chi connectivity index (χ0v) is 10.6. The Balaban J connectivity index is 2.03. The van der Waals surface area contributed by atoms with E-state index in [0.29, 0.717) is 17.2 Å². The fraction of sp³-hybridized carbons (Fsp3) is 0.400. The number of benzene rings is 1. The van der Waals surface area contributed by atoms with Gasteiger partial charge in [0.1, 0.15) is 5.82 Å². The Morgan fingerprint density at radius 1 is 1.33 bits per heavy atom. The molecule has 2 rings (SSSR count). The molecule has 0 aromatic heterocycles. The summed E-state index contributed by atoms with van der Waals surface area (Å²) in [5.74, 6) is -0.393. The molecule has 0 atom stereocenters. The molecule has 0 bridgehead atoms. The molecule has 18 heavy (non-hydrogen) atoms. The van der Waals surface area contributed by atoms with Gasteiger partial charge in [0.2, 0.25) is 5.91 Å². The quantitative estimate of drug-likeness (QED) is 0.816. The highest BCUT2D eigenvalue weighted by Crippen LogP contribution is 2.18. The molecule has 2 nitrogen and oxygen atoms in total. The average Bonchev–Trinajstić information content (AvgIpc) is 2.84. The summed E-state index contributed by atoms with van der Waals surface area (Å²) in [5.41, 5.74) is 1.00. The first kappa shape index (κ1) is 12.8. The third-order valence-electron chi connectivity index (χ3n) is 3.33. The molecule has 1 aromatic rings. The van der Waals surface area contributed by atoms with Crippen molar-refractivity contribution in [3.63, 3.8) is 0 Å². The van der Waals surface area contributed by atoms with Crippen molar-refractivity contribution in [3.05, 3.63) is 41.2 Å². The monoisotopic (exact) mass is 247 g/mol. The highest BCUT2D eigenvalue weighted by molar-refractivity contribution is 5.97. The van der Waals surface area contributed by atoms with E-state index in [1.54, 1.807) is 31.2 Å². The molecule has 0 aliphatic heterocycles. The van der Waals surface area contributed by atoms with Crippen LogP contribution in [0.5, 0.6) is 0 Å². The van der Waals surface area contributed by atoms with Crippen LogP contribution in [0.1, 0.15) is 38.2 Å². The third kappa shape index (κ3) is 3.19. The molecular weight excluding hydrogens is 229 g/mol. The first-order valence-electron chi connectivity index (χ1n) is 6.40. The molecule has 1 N–H and O–H groups in total. The van der Waals surface area contributed by atoms with E-state index < -0.39 is 0 Å². The highest BCUT2D eigenvalue weighted by atomic mass is 19.1. The molecule has 0 radical (unpaired) electrons. The van der Waals surface area contributed by atoms with Crippen LogP contribution in [0.3, 0.4) is 0 Å². The van der Waals surface area contributed by atoms with E-state index in [1.807, 2.05) is 0 Å². The molecule has 0 spiro atoms. The third-order valence-corrected chi connectivity index (χ3v) is 3.33. The number of carbonyl (C=O) groups is 1. The Hall–Kier alpha value is -1.64. The van der Waals surface area contributed by atoms with Gasteiger partial charge >= 0.3 is 0 Å². The molecule has 1 saturated carbocycles. The SMILES string of the molecule is C/C(=C\c1ccccc1F)C(=O)NC1CCCC1. The maximum Gasteiger partial charge on any atom is 0.247 e. The molecule has 1 amide bonds. The van der Waals surface area contributed by atoms with Crippen LogP contribution in [0, 0.1) is 5.82 Å². The Morgan fingerprint density at radius 2 is 2.00 bits per heavy atom. The van der Waals surface area contributed by atoms with E-state index in [-0.39, 0.29) is 11.7 Å². The minimum absolute atomic E-state index is 0.0925. The van der Waals surface area contributed by atoms with Gasteiger partial charge in [0.05, 0.1) is 0 Å². The van der Waals surface area contributed by atoms with Crippen molar-refractivity contribution >= 4 is 12.0 Å². The largest absolute Gasteiger partial charge is 0.350 e. The molecule has 96 valence electrons. The lowest BCUT2D eigenvalue weighted by atomic mass is 10.1. The second kappa shape index (κ2) is 5.80. The Morgan fingerprint density at radius 3 is 2.67 bits per heavy atom. The topological polar surface area (TPSA) is 29.1 Å². The summed E-state index contributed by atoms with van der Waals surface area (Å²) in [6.07, 6.45) is 6.07. The molecule has 1 aliphatic rings. The Kier molecular flexibility index (Phi) is 4.13. The molecule has 1 aliphatic carbocycles. The number of amides is 1. The van der Waals surface area contributed by atoms with Crippen molar-refractivity contribution in [2.45, 2.75) is 38.6 Å². The van der Waals surface area contributed by atoms with Crippen LogP contribution in [0.4, 0.5) is 4.39 Å². The average molecular weight is 247 g/mol. The van der Waals surface area contributed by atoms with Crippen LogP contribution in [-0.4, -0.2) is 11.9 Å². The van der Waals surface area contributed by atoms with Gasteiger partial charge in [-0.15, -0.1) is 0 Å². The fourth-order valence-corrected chi connectivity index (χ4v) is 2.26. The van der Waals surface area contributed by atoms with Crippen molar-refractivity contribution in [1.29, 1.82) is 0 Å². The van der Waals surface area contributed by atoms with Crippen molar-refractivity contribution in [3.8, 4) is 0 Å². The first-order valence-corrected chi connectivity index (χ1v) is 6.40. The predicted molar refractivity (Wildman–Crippen MR) is 70.4 cm³/mol. The van der Waals surface area contributed by atoms with Gasteiger partial charge in [-0.1, -0.05) is 31.0 Å². The lowest BCUT2D eigenvalue weighted by molar-refractivity contribution is -0.118. The van der Waals surface area contributed by atoms with E-state index in [4.69, 9.17) is 0 Å². The smallest absolute Gasteiger partial charge is 0.247 e. The van der Waals surface area contributed by atoms with Crippen LogP contribution in [-0.2, 0) is 4.79 Å². The van der Waals surface area contributed by atoms with Crippen LogP contribution in [0.2, 0.25) is 0 Å². The van der Waals surface area contributed by atoms with Crippen LogP contribution in [0.25, 0.3) is 6.08 Å². The van der Waals surface area contributed by atoms with Gasteiger partial charge in [-0.2, -0.15) is 0 Å². The summed E-state index contributed by atoms with van der Waals surface area (Å²) >= 11 is 0. The summed E-state index contributed by atoms with van der Waals surface area (Å²) in [6, 6.07) is 6.76. The number of hydrogen-bond acceptors (Lipinski definition) is 1. The second-order valence-electron chi connectivity index (χ2n) is 4.80. The van der Waals surface area contributed by atoms with E-state index >= 15 is 0 Å². The minimum Gasteiger partial charge on any atom is -0.350 e. The number of carbonyl (C=O) groups excluding carboxylic acids is 1. The lowest BCUT2D eigenvalue weighted by Crippen LogP contribution is -2.33. The summed E-state index contributed by atoms with van der Waals surface area (Å²) in [4.78, 5) is 11.9. The molecule has 1 fully saturated rings. The van der Waals surface area contributed by atoms with Gasteiger partial charge in [-0.3, -0.25) is 4.79 Å². The predicted octanol–water partition coefficient (Wildman–Crippen LogP) is 3.29. The fourth-order valence-electron chi connectivity index (χ4n) is 2.26. The highest BCUT2D eigenvalue weighted by Gasteiger charge is 2.17. The van der Waals surface area contributed by atoms with Gasteiger partial charge in [0.15, 0.2) is 0 Å². The minimum atomic E-state index is -0.300. The maximum absolute atomic E-state index is 13.4. The summed E-state index contributed by atoms with van der Waals surface area (Å²) in [7, 11) is 0. The normalized spacial score (nSPS) is 16.9. The van der Waals surface area contributed by atoms with Gasteiger partial charge in [0.25, 0.3) is 0 Å². The van der Waals surface area contributed by atoms with Gasteiger partial charge in [-0.25, -0.2) is 4.39 Å².